The summed E-state index contributed by atoms with van der Waals surface area (Å²) in [6.45, 7) is 2.30. The number of ether oxygens (including phenoxy) is 1. The van der Waals surface area contributed by atoms with Gasteiger partial charge in [0.25, 0.3) is 5.91 Å². The smallest absolute Gasteiger partial charge is 0.257 e. The highest BCUT2D eigenvalue weighted by Gasteiger charge is 2.10. The molecule has 0 saturated heterocycles. The highest BCUT2D eigenvalue weighted by molar-refractivity contribution is 5.77. The summed E-state index contributed by atoms with van der Waals surface area (Å²) < 4.78 is 10.4. The second-order valence-electron chi connectivity index (χ2n) is 4.77. The molecule has 0 radical (unpaired) electrons. The molecule has 0 aliphatic heterocycles. The molecule has 21 heavy (non-hydrogen) atoms. The number of furan rings is 1. The van der Waals surface area contributed by atoms with Crippen LogP contribution in [0.4, 0.5) is 0 Å². The molecule has 5 nitrogen and oxygen atoms in total. The van der Waals surface area contributed by atoms with E-state index in [0.717, 1.165) is 5.56 Å². The quantitative estimate of drug-likeness (QED) is 0.819. The molecule has 112 valence electrons. The first-order chi connectivity index (χ1) is 10.1. The van der Waals surface area contributed by atoms with Crippen LogP contribution in [0.3, 0.4) is 0 Å². The van der Waals surface area contributed by atoms with Crippen LogP contribution in [0.5, 0.6) is 5.75 Å². The van der Waals surface area contributed by atoms with Gasteiger partial charge in [0.2, 0.25) is 0 Å². The molecule has 2 rings (SSSR count). The Morgan fingerprint density at radius 3 is 2.76 bits per heavy atom. The normalized spacial score (nSPS) is 11.9. The van der Waals surface area contributed by atoms with Gasteiger partial charge in [-0.3, -0.25) is 4.79 Å². The predicted octanol–water partition coefficient (Wildman–Crippen LogP) is 2.21. The first-order valence-electron chi connectivity index (χ1n) is 6.83. The number of hydrogen-bond donors (Lipinski definition) is 2. The lowest BCUT2D eigenvalue weighted by Crippen LogP contribution is -2.30. The van der Waals surface area contributed by atoms with E-state index in [2.05, 4.69) is 5.32 Å². The maximum Gasteiger partial charge on any atom is 0.257 e. The van der Waals surface area contributed by atoms with Crippen molar-refractivity contribution in [1.29, 1.82) is 0 Å². The summed E-state index contributed by atoms with van der Waals surface area (Å²) in [5, 5.41) is 12.5. The third-order valence-corrected chi connectivity index (χ3v) is 3.00. The van der Waals surface area contributed by atoms with Gasteiger partial charge in [-0.05, 0) is 37.6 Å². The molecule has 5 heteroatoms. The van der Waals surface area contributed by atoms with E-state index >= 15 is 0 Å². The summed E-state index contributed by atoms with van der Waals surface area (Å²) in [5.74, 6) is 0.939. The highest BCUT2D eigenvalue weighted by atomic mass is 16.5. The number of hydrogen-bond acceptors (Lipinski definition) is 4. The van der Waals surface area contributed by atoms with Crippen molar-refractivity contribution >= 4 is 5.91 Å². The fourth-order valence-electron chi connectivity index (χ4n) is 1.81. The van der Waals surface area contributed by atoms with Gasteiger partial charge in [0.1, 0.15) is 17.6 Å². The zero-order valence-electron chi connectivity index (χ0n) is 11.9. The Morgan fingerprint density at radius 2 is 2.10 bits per heavy atom. The maximum atomic E-state index is 11.6. The second-order valence-corrected chi connectivity index (χ2v) is 4.77. The number of aliphatic hydroxyl groups excluding tert-OH is 1. The van der Waals surface area contributed by atoms with Crippen LogP contribution in [-0.2, 0) is 4.79 Å². The van der Waals surface area contributed by atoms with E-state index in [1.54, 1.807) is 12.1 Å². The molecule has 0 aliphatic rings. The minimum atomic E-state index is -0.710. The molecule has 1 aromatic heterocycles. The number of benzene rings is 1. The molecule has 1 heterocycles. The maximum absolute atomic E-state index is 11.6. The van der Waals surface area contributed by atoms with Gasteiger partial charge in [-0.1, -0.05) is 17.7 Å². The Kier molecular flexibility index (Phi) is 5.40. The van der Waals surface area contributed by atoms with Crippen molar-refractivity contribution in [3.8, 4) is 5.75 Å². The van der Waals surface area contributed by atoms with Crippen molar-refractivity contribution in [3.63, 3.8) is 0 Å². The van der Waals surface area contributed by atoms with Gasteiger partial charge in [-0.15, -0.1) is 0 Å². The van der Waals surface area contributed by atoms with Gasteiger partial charge in [-0.25, -0.2) is 0 Å². The standard InChI is InChI=1S/C16H19NO4/c1-12-4-6-13(7-5-12)21-11-16(19)17-9-8-14(18)15-3-2-10-20-15/h2-7,10,14,18H,8-9,11H2,1H3,(H,17,19). The first kappa shape index (κ1) is 15.1. The Morgan fingerprint density at radius 1 is 1.33 bits per heavy atom. The number of amides is 1. The number of carbonyl (C=O) groups is 1. The van der Waals surface area contributed by atoms with Crippen LogP contribution in [0.15, 0.2) is 47.1 Å². The molecule has 0 saturated carbocycles. The van der Waals surface area contributed by atoms with Gasteiger partial charge < -0.3 is 19.6 Å². The van der Waals surface area contributed by atoms with Crippen molar-refractivity contribution in [2.75, 3.05) is 13.2 Å². The van der Waals surface area contributed by atoms with E-state index in [4.69, 9.17) is 9.15 Å². The van der Waals surface area contributed by atoms with E-state index in [-0.39, 0.29) is 12.5 Å². The molecule has 1 unspecified atom stereocenters. The average molecular weight is 289 g/mol. The monoisotopic (exact) mass is 289 g/mol. The molecule has 0 bridgehead atoms. The van der Waals surface area contributed by atoms with Gasteiger partial charge in [0.05, 0.1) is 6.26 Å². The van der Waals surface area contributed by atoms with E-state index in [9.17, 15) is 9.90 Å². The largest absolute Gasteiger partial charge is 0.484 e. The number of aliphatic hydroxyl groups is 1. The van der Waals surface area contributed by atoms with Crippen LogP contribution in [0.2, 0.25) is 0 Å². The van der Waals surface area contributed by atoms with Crippen LogP contribution in [0.1, 0.15) is 23.8 Å². The molecule has 2 aromatic rings. The number of nitrogens with one attached hydrogen (secondary N) is 1. The van der Waals surface area contributed by atoms with Crippen LogP contribution < -0.4 is 10.1 Å². The summed E-state index contributed by atoms with van der Waals surface area (Å²) in [4.78, 5) is 11.6. The molecular weight excluding hydrogens is 270 g/mol. The molecule has 0 aliphatic carbocycles. The highest BCUT2D eigenvalue weighted by Crippen LogP contribution is 2.15. The van der Waals surface area contributed by atoms with E-state index in [1.807, 2.05) is 31.2 Å². The molecule has 0 fully saturated rings. The van der Waals surface area contributed by atoms with Gasteiger partial charge >= 0.3 is 0 Å². The number of carbonyl (C=O) groups excluding carboxylic acids is 1. The summed E-state index contributed by atoms with van der Waals surface area (Å²) in [6.07, 6.45) is 1.19. The van der Waals surface area contributed by atoms with Gasteiger partial charge in [0.15, 0.2) is 6.61 Å². The molecule has 0 spiro atoms. The summed E-state index contributed by atoms with van der Waals surface area (Å²) in [6, 6.07) is 10.9. The van der Waals surface area contributed by atoms with E-state index < -0.39 is 6.10 Å². The number of rotatable bonds is 7. The third kappa shape index (κ3) is 4.96. The SMILES string of the molecule is Cc1ccc(OCC(=O)NCCC(O)c2ccco2)cc1. The average Bonchev–Trinajstić information content (AvgIpc) is 3.01. The van der Waals surface area contributed by atoms with Gasteiger partial charge in [0, 0.05) is 6.54 Å². The van der Waals surface area contributed by atoms with Crippen LogP contribution >= 0.6 is 0 Å². The Labute approximate surface area is 123 Å². The lowest BCUT2D eigenvalue weighted by Gasteiger charge is -2.10. The molecular formula is C16H19NO4. The lowest BCUT2D eigenvalue weighted by atomic mass is 10.2. The van der Waals surface area contributed by atoms with Crippen molar-refractivity contribution in [2.24, 2.45) is 0 Å². The fourth-order valence-corrected chi connectivity index (χ4v) is 1.81. The zero-order valence-corrected chi connectivity index (χ0v) is 11.9. The summed E-state index contributed by atoms with van der Waals surface area (Å²) in [7, 11) is 0. The molecule has 2 N–H and O–H groups in total. The fraction of sp³-hybridized carbons (Fsp3) is 0.312. The second kappa shape index (κ2) is 7.50. The number of aryl methyl sites for hydroxylation is 1. The van der Waals surface area contributed by atoms with Crippen molar-refractivity contribution in [2.45, 2.75) is 19.4 Å². The Bertz CT molecular complexity index is 548. The third-order valence-electron chi connectivity index (χ3n) is 3.00. The van der Waals surface area contributed by atoms with Crippen LogP contribution in [0, 0.1) is 6.92 Å². The molecule has 1 atom stereocenters. The Balaban J connectivity index is 1.64. The lowest BCUT2D eigenvalue weighted by molar-refractivity contribution is -0.123. The van der Waals surface area contributed by atoms with Crippen LogP contribution in [-0.4, -0.2) is 24.2 Å². The Hall–Kier alpha value is -2.27. The van der Waals surface area contributed by atoms with Crippen LogP contribution in [0.25, 0.3) is 0 Å². The van der Waals surface area contributed by atoms with Crippen molar-refractivity contribution < 1.29 is 19.1 Å². The van der Waals surface area contributed by atoms with Crippen molar-refractivity contribution in [1.82, 2.24) is 5.32 Å². The minimum Gasteiger partial charge on any atom is -0.484 e. The molecule has 1 aromatic carbocycles. The molecule has 1 amide bonds. The first-order valence-corrected chi connectivity index (χ1v) is 6.83. The van der Waals surface area contributed by atoms with Gasteiger partial charge in [-0.2, -0.15) is 0 Å². The summed E-state index contributed by atoms with van der Waals surface area (Å²) in [5.41, 5.74) is 1.14. The summed E-state index contributed by atoms with van der Waals surface area (Å²) >= 11 is 0. The van der Waals surface area contributed by atoms with Crippen molar-refractivity contribution in [3.05, 3.63) is 54.0 Å². The van der Waals surface area contributed by atoms with E-state index in [1.165, 1.54) is 6.26 Å². The van der Waals surface area contributed by atoms with E-state index in [0.29, 0.717) is 24.5 Å². The minimum absolute atomic E-state index is 0.0418. The predicted molar refractivity (Wildman–Crippen MR) is 78.0 cm³/mol. The topological polar surface area (TPSA) is 71.7 Å². The zero-order chi connectivity index (χ0) is 15.1.